The Morgan fingerprint density at radius 1 is 1.11 bits per heavy atom. The van der Waals surface area contributed by atoms with E-state index in [0.29, 0.717) is 5.56 Å². The number of benzene rings is 2. The minimum absolute atomic E-state index is 0.176. The lowest BCUT2D eigenvalue weighted by molar-refractivity contribution is 0.257. The average Bonchev–Trinajstić information content (AvgIpc) is 2.46. The molecule has 2 rings (SSSR count). The van der Waals surface area contributed by atoms with Crippen LogP contribution in [0.1, 0.15) is 17.2 Å². The summed E-state index contributed by atoms with van der Waals surface area (Å²) in [6, 6.07) is 16.8. The van der Waals surface area contributed by atoms with Crippen LogP contribution in [-0.4, -0.2) is 5.05 Å². The summed E-state index contributed by atoms with van der Waals surface area (Å²) in [5.41, 5.74) is 1.31. The Labute approximate surface area is 116 Å². The maximum Gasteiger partial charge on any atom is 0.210 e. The maximum absolute atomic E-state index is 12.8. The smallest absolute Gasteiger partial charge is 0.210 e. The Morgan fingerprint density at radius 2 is 1.74 bits per heavy atom. The quantitative estimate of drug-likeness (QED) is 0.796. The molecule has 0 N–H and O–H groups in total. The Hall–Kier alpha value is -2.25. The van der Waals surface area contributed by atoms with Crippen LogP contribution in [0, 0.1) is 17.1 Å². The van der Waals surface area contributed by atoms with Gasteiger partial charge in [0.1, 0.15) is 11.9 Å². The molecule has 94 valence electrons. The van der Waals surface area contributed by atoms with Crippen molar-refractivity contribution >= 4 is 17.3 Å². The van der Waals surface area contributed by atoms with Gasteiger partial charge in [-0.1, -0.05) is 30.3 Å². The number of halogens is 1. The maximum atomic E-state index is 12.8. The molecule has 0 bridgehead atoms. The monoisotopic (exact) mass is 271 g/mol. The SMILES string of the molecule is N#CC(OC(=S)c1ccc(F)cc1)c1ccccc1. The predicted octanol–water partition coefficient (Wildman–Crippen LogP) is 3.78. The minimum atomic E-state index is -0.765. The van der Waals surface area contributed by atoms with Crippen LogP contribution in [0.4, 0.5) is 4.39 Å². The van der Waals surface area contributed by atoms with Gasteiger partial charge in [0.25, 0.3) is 0 Å². The van der Waals surface area contributed by atoms with Gasteiger partial charge in [0.2, 0.25) is 6.10 Å². The Bertz CT molecular complexity index is 604. The first-order chi connectivity index (χ1) is 9.20. The minimum Gasteiger partial charge on any atom is -0.460 e. The molecule has 0 spiro atoms. The van der Waals surface area contributed by atoms with E-state index < -0.39 is 6.10 Å². The van der Waals surface area contributed by atoms with Crippen molar-refractivity contribution < 1.29 is 9.13 Å². The average molecular weight is 271 g/mol. The number of ether oxygens (including phenoxy) is 1. The van der Waals surface area contributed by atoms with Gasteiger partial charge in [-0.05, 0) is 36.5 Å². The summed E-state index contributed by atoms with van der Waals surface area (Å²) in [4.78, 5) is 0. The standard InChI is InChI=1S/C15H10FNOS/c16-13-8-6-12(7-9-13)15(19)18-14(10-17)11-4-2-1-3-5-11/h1-9,14H. The lowest BCUT2D eigenvalue weighted by atomic mass is 10.1. The van der Waals surface area contributed by atoms with Gasteiger partial charge in [0.05, 0.1) is 0 Å². The van der Waals surface area contributed by atoms with E-state index >= 15 is 0 Å². The molecule has 4 heteroatoms. The summed E-state index contributed by atoms with van der Waals surface area (Å²) >= 11 is 5.11. The molecule has 2 aromatic carbocycles. The van der Waals surface area contributed by atoms with Crippen molar-refractivity contribution in [2.45, 2.75) is 6.10 Å². The van der Waals surface area contributed by atoms with E-state index in [1.54, 1.807) is 12.1 Å². The number of thiocarbonyl (C=S) groups is 1. The molecule has 2 aromatic rings. The summed E-state index contributed by atoms with van der Waals surface area (Å²) in [6.45, 7) is 0. The first-order valence-corrected chi connectivity index (χ1v) is 6.02. The van der Waals surface area contributed by atoms with Crippen molar-refractivity contribution in [1.82, 2.24) is 0 Å². The molecular weight excluding hydrogens is 261 g/mol. The zero-order valence-corrected chi connectivity index (χ0v) is 10.7. The number of hydrogen-bond donors (Lipinski definition) is 0. The summed E-state index contributed by atoms with van der Waals surface area (Å²) < 4.78 is 18.3. The van der Waals surface area contributed by atoms with Gasteiger partial charge >= 0.3 is 0 Å². The van der Waals surface area contributed by atoms with E-state index in [1.807, 2.05) is 24.3 Å². The van der Waals surface area contributed by atoms with Crippen LogP contribution >= 0.6 is 12.2 Å². The molecule has 0 fully saturated rings. The summed E-state index contributed by atoms with van der Waals surface area (Å²) in [6.07, 6.45) is -0.765. The lowest BCUT2D eigenvalue weighted by Crippen LogP contribution is -2.09. The fourth-order valence-corrected chi connectivity index (χ4v) is 1.79. The third-order valence-electron chi connectivity index (χ3n) is 2.52. The van der Waals surface area contributed by atoms with E-state index in [9.17, 15) is 4.39 Å². The summed E-state index contributed by atoms with van der Waals surface area (Å²) in [5.74, 6) is -0.341. The second kappa shape index (κ2) is 6.07. The Kier molecular flexibility index (Phi) is 4.22. The number of rotatable bonds is 3. The van der Waals surface area contributed by atoms with Crippen LogP contribution in [0.3, 0.4) is 0 Å². The normalized spacial score (nSPS) is 11.4. The van der Waals surface area contributed by atoms with Gasteiger partial charge in [-0.15, -0.1) is 0 Å². The molecule has 1 atom stereocenters. The topological polar surface area (TPSA) is 33.0 Å². The van der Waals surface area contributed by atoms with Gasteiger partial charge in [0.15, 0.2) is 5.05 Å². The van der Waals surface area contributed by atoms with Gasteiger partial charge in [-0.2, -0.15) is 5.26 Å². The highest BCUT2D eigenvalue weighted by Crippen LogP contribution is 2.18. The zero-order valence-electron chi connectivity index (χ0n) is 9.92. The largest absolute Gasteiger partial charge is 0.460 e. The molecule has 1 unspecified atom stereocenters. The van der Waals surface area contributed by atoms with E-state index in [4.69, 9.17) is 22.2 Å². The summed E-state index contributed by atoms with van der Waals surface area (Å²) in [5, 5.41) is 9.30. The number of nitriles is 1. The van der Waals surface area contributed by atoms with Crippen molar-refractivity contribution in [2.24, 2.45) is 0 Å². The van der Waals surface area contributed by atoms with Gasteiger partial charge < -0.3 is 4.74 Å². The Morgan fingerprint density at radius 3 is 2.32 bits per heavy atom. The van der Waals surface area contributed by atoms with E-state index in [0.717, 1.165) is 5.56 Å². The van der Waals surface area contributed by atoms with Crippen molar-refractivity contribution in [2.75, 3.05) is 0 Å². The zero-order chi connectivity index (χ0) is 13.7. The highest BCUT2D eigenvalue weighted by molar-refractivity contribution is 7.80. The molecule has 0 aromatic heterocycles. The van der Waals surface area contributed by atoms with Gasteiger partial charge in [-0.25, -0.2) is 4.39 Å². The van der Waals surface area contributed by atoms with E-state index in [1.165, 1.54) is 24.3 Å². The number of nitrogens with zero attached hydrogens (tertiary/aromatic N) is 1. The molecule has 19 heavy (non-hydrogen) atoms. The molecule has 0 aliphatic rings. The number of hydrogen-bond acceptors (Lipinski definition) is 3. The van der Waals surface area contributed by atoms with Gasteiger partial charge in [0, 0.05) is 11.1 Å². The van der Waals surface area contributed by atoms with Crippen molar-refractivity contribution in [3.05, 3.63) is 71.5 Å². The first kappa shape index (κ1) is 13.2. The van der Waals surface area contributed by atoms with E-state index in [-0.39, 0.29) is 10.9 Å². The molecular formula is C15H10FNOS. The second-order valence-electron chi connectivity index (χ2n) is 3.83. The fourth-order valence-electron chi connectivity index (χ4n) is 1.56. The predicted molar refractivity (Wildman–Crippen MR) is 74.0 cm³/mol. The van der Waals surface area contributed by atoms with Crippen LogP contribution < -0.4 is 0 Å². The molecule has 0 aliphatic carbocycles. The van der Waals surface area contributed by atoms with Crippen LogP contribution in [0.15, 0.2) is 54.6 Å². The highest BCUT2D eigenvalue weighted by Gasteiger charge is 2.14. The van der Waals surface area contributed by atoms with Gasteiger partial charge in [-0.3, -0.25) is 0 Å². The molecule has 0 saturated carbocycles. The highest BCUT2D eigenvalue weighted by atomic mass is 32.1. The van der Waals surface area contributed by atoms with Crippen molar-refractivity contribution in [3.63, 3.8) is 0 Å². The molecule has 2 nitrogen and oxygen atoms in total. The molecule has 0 radical (unpaired) electrons. The first-order valence-electron chi connectivity index (χ1n) is 5.62. The van der Waals surface area contributed by atoms with E-state index in [2.05, 4.69) is 0 Å². The second-order valence-corrected chi connectivity index (χ2v) is 4.20. The molecule has 0 aliphatic heterocycles. The van der Waals surface area contributed by atoms with Crippen LogP contribution in [0.5, 0.6) is 0 Å². The van der Waals surface area contributed by atoms with Crippen LogP contribution in [-0.2, 0) is 4.74 Å². The third-order valence-corrected chi connectivity index (χ3v) is 2.86. The van der Waals surface area contributed by atoms with Crippen LogP contribution in [0.2, 0.25) is 0 Å². The molecule has 0 amide bonds. The van der Waals surface area contributed by atoms with Crippen LogP contribution in [0.25, 0.3) is 0 Å². The Balaban J connectivity index is 2.13. The van der Waals surface area contributed by atoms with Crippen molar-refractivity contribution in [1.29, 1.82) is 5.26 Å². The van der Waals surface area contributed by atoms with Crippen molar-refractivity contribution in [3.8, 4) is 6.07 Å². The third kappa shape index (κ3) is 3.36. The lowest BCUT2D eigenvalue weighted by Gasteiger charge is -2.13. The molecule has 0 heterocycles. The summed E-state index contributed by atoms with van der Waals surface area (Å²) in [7, 11) is 0. The fraction of sp³-hybridized carbons (Fsp3) is 0.0667. The molecule has 0 saturated heterocycles.